The molecule has 0 saturated carbocycles. The van der Waals surface area contributed by atoms with Crippen LogP contribution in [0.2, 0.25) is 0 Å². The van der Waals surface area contributed by atoms with Crippen molar-refractivity contribution in [1.82, 2.24) is 5.32 Å². The van der Waals surface area contributed by atoms with Gasteiger partial charge in [0.25, 0.3) is 0 Å². The van der Waals surface area contributed by atoms with Crippen LogP contribution in [0.15, 0.2) is 24.3 Å². The van der Waals surface area contributed by atoms with Crippen LogP contribution in [-0.4, -0.2) is 37.9 Å². The van der Waals surface area contributed by atoms with E-state index in [9.17, 15) is 4.79 Å². The van der Waals surface area contributed by atoms with Gasteiger partial charge in [0.15, 0.2) is 11.5 Å². The first kappa shape index (κ1) is 16.1. The van der Waals surface area contributed by atoms with Crippen LogP contribution in [0.25, 0.3) is 0 Å². The highest BCUT2D eigenvalue weighted by Crippen LogP contribution is 2.37. The summed E-state index contributed by atoms with van der Waals surface area (Å²) in [5.41, 5.74) is -0.0652. The predicted molar refractivity (Wildman–Crippen MR) is 86.7 cm³/mol. The Morgan fingerprint density at radius 1 is 1.43 bits per heavy atom. The second-order valence-corrected chi connectivity index (χ2v) is 6.77. The topological polar surface area (TPSA) is 56.8 Å². The lowest BCUT2D eigenvalue weighted by atomic mass is 9.75. The quantitative estimate of drug-likeness (QED) is 0.864. The number of ether oxygens (including phenoxy) is 3. The Morgan fingerprint density at radius 2 is 2.22 bits per heavy atom. The Bertz CT molecular complexity index is 554. The summed E-state index contributed by atoms with van der Waals surface area (Å²) in [6.07, 6.45) is 2.51. The van der Waals surface area contributed by atoms with E-state index in [1.807, 2.05) is 24.3 Å². The maximum atomic E-state index is 11.6. The molecule has 126 valence electrons. The average Bonchev–Trinajstić information content (AvgIpc) is 2.54. The Hall–Kier alpha value is -1.75. The smallest absolute Gasteiger partial charge is 0.302 e. The third-order valence-corrected chi connectivity index (χ3v) is 4.76. The van der Waals surface area contributed by atoms with Gasteiger partial charge in [-0.3, -0.25) is 4.79 Å². The molecule has 0 spiro atoms. The lowest BCUT2D eigenvalue weighted by Gasteiger charge is -2.41. The van der Waals surface area contributed by atoms with E-state index in [1.165, 1.54) is 6.92 Å². The minimum atomic E-state index is -0.237. The Morgan fingerprint density at radius 3 is 2.91 bits per heavy atom. The van der Waals surface area contributed by atoms with Gasteiger partial charge in [-0.15, -0.1) is 0 Å². The minimum Gasteiger partial charge on any atom is -0.486 e. The molecule has 3 rings (SSSR count). The molecule has 1 N–H and O–H groups in total. The van der Waals surface area contributed by atoms with E-state index >= 15 is 0 Å². The molecule has 0 aromatic heterocycles. The highest BCUT2D eigenvalue weighted by atomic mass is 16.6. The molecule has 23 heavy (non-hydrogen) atoms. The molecule has 1 saturated heterocycles. The Kier molecular flexibility index (Phi) is 4.76. The number of fused-ring (bicyclic) bond motifs is 1. The van der Waals surface area contributed by atoms with Crippen molar-refractivity contribution in [2.24, 2.45) is 5.41 Å². The maximum Gasteiger partial charge on any atom is 0.302 e. The monoisotopic (exact) mass is 319 g/mol. The Labute approximate surface area is 137 Å². The van der Waals surface area contributed by atoms with Gasteiger partial charge in [0.1, 0.15) is 18.8 Å². The largest absolute Gasteiger partial charge is 0.486 e. The van der Waals surface area contributed by atoms with Gasteiger partial charge in [-0.2, -0.15) is 0 Å². The molecular weight excluding hydrogens is 294 g/mol. The van der Waals surface area contributed by atoms with Crippen LogP contribution >= 0.6 is 0 Å². The van der Waals surface area contributed by atoms with Crippen molar-refractivity contribution in [1.29, 1.82) is 0 Å². The number of para-hydroxylation sites is 2. The molecule has 5 heteroatoms. The van der Waals surface area contributed by atoms with E-state index < -0.39 is 0 Å². The van der Waals surface area contributed by atoms with Crippen molar-refractivity contribution in [3.05, 3.63) is 24.3 Å². The summed E-state index contributed by atoms with van der Waals surface area (Å²) in [6, 6.07) is 7.67. The zero-order chi connectivity index (χ0) is 16.3. The number of carbonyl (C=O) groups excluding carboxylic acids is 1. The first-order valence-electron chi connectivity index (χ1n) is 8.33. The SMILES string of the molecule is CC(=O)OC(CC1COc2ccccc2O1)C1(C)CCCNC1. The first-order valence-corrected chi connectivity index (χ1v) is 8.33. The van der Waals surface area contributed by atoms with Crippen LogP contribution in [0.3, 0.4) is 0 Å². The fourth-order valence-electron chi connectivity index (χ4n) is 3.45. The third kappa shape index (κ3) is 3.78. The summed E-state index contributed by atoms with van der Waals surface area (Å²) in [4.78, 5) is 11.6. The van der Waals surface area contributed by atoms with E-state index in [-0.39, 0.29) is 23.6 Å². The van der Waals surface area contributed by atoms with Crippen molar-refractivity contribution in [3.63, 3.8) is 0 Å². The number of nitrogens with one attached hydrogen (secondary N) is 1. The molecule has 0 radical (unpaired) electrons. The third-order valence-electron chi connectivity index (χ3n) is 4.76. The van der Waals surface area contributed by atoms with Gasteiger partial charge in [0.05, 0.1) is 0 Å². The predicted octanol–water partition coefficient (Wildman–Crippen LogP) is 2.54. The molecule has 3 atom stereocenters. The van der Waals surface area contributed by atoms with Gasteiger partial charge in [0.2, 0.25) is 0 Å². The lowest BCUT2D eigenvalue weighted by molar-refractivity contribution is -0.156. The summed E-state index contributed by atoms with van der Waals surface area (Å²) in [7, 11) is 0. The number of rotatable bonds is 4. The molecule has 5 nitrogen and oxygen atoms in total. The van der Waals surface area contributed by atoms with Crippen LogP contribution in [0.1, 0.15) is 33.1 Å². The number of hydrogen-bond donors (Lipinski definition) is 1. The summed E-state index contributed by atoms with van der Waals surface area (Å²) in [5, 5.41) is 3.42. The minimum absolute atomic E-state index is 0.0652. The molecular formula is C18H25NO4. The van der Waals surface area contributed by atoms with Crippen molar-refractivity contribution in [2.75, 3.05) is 19.7 Å². The van der Waals surface area contributed by atoms with Crippen molar-refractivity contribution < 1.29 is 19.0 Å². The van der Waals surface area contributed by atoms with Gasteiger partial charge in [-0.25, -0.2) is 0 Å². The van der Waals surface area contributed by atoms with Crippen LogP contribution in [0.5, 0.6) is 11.5 Å². The molecule has 1 aromatic rings. The molecule has 0 bridgehead atoms. The molecule has 2 aliphatic heterocycles. The normalized spacial score (nSPS) is 28.0. The van der Waals surface area contributed by atoms with Crippen molar-refractivity contribution >= 4 is 5.97 Å². The Balaban J connectivity index is 1.70. The fraction of sp³-hybridized carbons (Fsp3) is 0.611. The van der Waals surface area contributed by atoms with E-state index in [0.717, 1.165) is 37.4 Å². The average molecular weight is 319 g/mol. The van der Waals surface area contributed by atoms with Crippen LogP contribution in [0.4, 0.5) is 0 Å². The number of hydrogen-bond acceptors (Lipinski definition) is 5. The van der Waals surface area contributed by atoms with Gasteiger partial charge < -0.3 is 19.5 Å². The molecule has 2 aliphatic rings. The van der Waals surface area contributed by atoms with Crippen LogP contribution < -0.4 is 14.8 Å². The number of benzene rings is 1. The van der Waals surface area contributed by atoms with Crippen LogP contribution in [-0.2, 0) is 9.53 Å². The standard InChI is InChI=1S/C18H25NO4/c1-13(20)22-17(18(2)8-5-9-19-12-18)10-14-11-21-15-6-3-4-7-16(15)23-14/h3-4,6-7,14,17,19H,5,8-12H2,1-2H3. The molecule has 0 aliphatic carbocycles. The van der Waals surface area contributed by atoms with Crippen molar-refractivity contribution in [2.45, 2.75) is 45.3 Å². The molecule has 3 unspecified atom stereocenters. The second-order valence-electron chi connectivity index (χ2n) is 6.77. The zero-order valence-corrected chi connectivity index (χ0v) is 13.8. The molecule has 0 amide bonds. The summed E-state index contributed by atoms with van der Waals surface area (Å²) in [6.45, 7) is 6.02. The van der Waals surface area contributed by atoms with Gasteiger partial charge in [-0.05, 0) is 31.5 Å². The maximum absolute atomic E-state index is 11.6. The van der Waals surface area contributed by atoms with Crippen LogP contribution in [0, 0.1) is 5.41 Å². The summed E-state index contributed by atoms with van der Waals surface area (Å²) >= 11 is 0. The second kappa shape index (κ2) is 6.79. The first-order chi connectivity index (χ1) is 11.1. The van der Waals surface area contributed by atoms with Gasteiger partial charge in [0, 0.05) is 25.3 Å². The van der Waals surface area contributed by atoms with Gasteiger partial charge in [-0.1, -0.05) is 19.1 Å². The highest BCUT2D eigenvalue weighted by molar-refractivity contribution is 5.66. The molecule has 2 heterocycles. The fourth-order valence-corrected chi connectivity index (χ4v) is 3.45. The van der Waals surface area contributed by atoms with E-state index in [4.69, 9.17) is 14.2 Å². The lowest BCUT2D eigenvalue weighted by Crippen LogP contribution is -2.49. The number of esters is 1. The van der Waals surface area contributed by atoms with E-state index in [2.05, 4.69) is 12.2 Å². The molecule has 1 aromatic carbocycles. The summed E-state index contributed by atoms with van der Waals surface area (Å²) in [5.74, 6) is 1.30. The molecule has 1 fully saturated rings. The van der Waals surface area contributed by atoms with Gasteiger partial charge >= 0.3 is 5.97 Å². The highest BCUT2D eigenvalue weighted by Gasteiger charge is 2.40. The number of piperidine rings is 1. The van der Waals surface area contributed by atoms with Crippen molar-refractivity contribution in [3.8, 4) is 11.5 Å². The zero-order valence-electron chi connectivity index (χ0n) is 13.8. The summed E-state index contributed by atoms with van der Waals surface area (Å²) < 4.78 is 17.5. The van der Waals surface area contributed by atoms with E-state index in [1.54, 1.807) is 0 Å². The van der Waals surface area contributed by atoms with E-state index in [0.29, 0.717) is 13.0 Å². The number of carbonyl (C=O) groups is 1.